The SMILES string of the molecule is COc1ccc(-c2[nH]n(-c3ccc(F)cc3)c(=O)c2C(C)=Nc2ccc(Cn3cnnc3)cc2)cc1. The van der Waals surface area contributed by atoms with Crippen LogP contribution in [0.5, 0.6) is 5.75 Å². The smallest absolute Gasteiger partial charge is 0.280 e. The number of hydrogen-bond acceptors (Lipinski definition) is 5. The molecule has 1 N–H and O–H groups in total. The molecule has 0 aliphatic rings. The highest BCUT2D eigenvalue weighted by Crippen LogP contribution is 2.25. The van der Waals surface area contributed by atoms with Crippen molar-refractivity contribution in [3.8, 4) is 22.7 Å². The van der Waals surface area contributed by atoms with E-state index < -0.39 is 0 Å². The molecule has 8 nitrogen and oxygen atoms in total. The zero-order valence-electron chi connectivity index (χ0n) is 19.7. The average Bonchev–Trinajstić information content (AvgIpc) is 3.53. The van der Waals surface area contributed by atoms with Crippen LogP contribution in [0.4, 0.5) is 10.1 Å². The van der Waals surface area contributed by atoms with E-state index in [1.165, 1.54) is 16.8 Å². The molecule has 180 valence electrons. The van der Waals surface area contributed by atoms with E-state index in [0.717, 1.165) is 16.8 Å². The van der Waals surface area contributed by atoms with Crippen LogP contribution in [0.3, 0.4) is 0 Å². The quantitative estimate of drug-likeness (QED) is 0.339. The van der Waals surface area contributed by atoms with Crippen LogP contribution < -0.4 is 10.3 Å². The first-order valence-electron chi connectivity index (χ1n) is 11.2. The van der Waals surface area contributed by atoms with Crippen molar-refractivity contribution >= 4 is 11.4 Å². The molecule has 0 bridgehead atoms. The zero-order chi connectivity index (χ0) is 25.1. The minimum atomic E-state index is -0.376. The van der Waals surface area contributed by atoms with Gasteiger partial charge in [-0.3, -0.25) is 14.9 Å². The second-order valence-corrected chi connectivity index (χ2v) is 8.21. The Hall–Kier alpha value is -4.79. The maximum Gasteiger partial charge on any atom is 0.280 e. The fourth-order valence-electron chi connectivity index (χ4n) is 3.95. The molecule has 0 unspecified atom stereocenters. The first-order chi connectivity index (χ1) is 17.5. The lowest BCUT2D eigenvalue weighted by molar-refractivity contribution is 0.415. The van der Waals surface area contributed by atoms with Gasteiger partial charge in [0.1, 0.15) is 24.2 Å². The summed E-state index contributed by atoms with van der Waals surface area (Å²) in [6.07, 6.45) is 3.32. The maximum absolute atomic E-state index is 13.6. The zero-order valence-corrected chi connectivity index (χ0v) is 19.7. The second-order valence-electron chi connectivity index (χ2n) is 8.21. The topological polar surface area (TPSA) is 90.1 Å². The van der Waals surface area contributed by atoms with Gasteiger partial charge in [-0.25, -0.2) is 9.07 Å². The molecule has 0 fully saturated rings. The molecule has 5 aromatic rings. The highest BCUT2D eigenvalue weighted by molar-refractivity contribution is 6.04. The maximum atomic E-state index is 13.6. The van der Waals surface area contributed by atoms with Crippen molar-refractivity contribution < 1.29 is 9.13 Å². The van der Waals surface area contributed by atoms with Crippen LogP contribution in [0.25, 0.3) is 16.9 Å². The monoisotopic (exact) mass is 482 g/mol. The highest BCUT2D eigenvalue weighted by Gasteiger charge is 2.19. The van der Waals surface area contributed by atoms with Gasteiger partial charge < -0.3 is 9.30 Å². The Kier molecular flexibility index (Phi) is 6.27. The Morgan fingerprint density at radius 3 is 2.28 bits per heavy atom. The predicted molar refractivity (Wildman–Crippen MR) is 136 cm³/mol. The molecule has 5 rings (SSSR count). The lowest BCUT2D eigenvalue weighted by atomic mass is 10.0. The van der Waals surface area contributed by atoms with Gasteiger partial charge in [0.15, 0.2) is 0 Å². The number of methoxy groups -OCH3 is 1. The van der Waals surface area contributed by atoms with Crippen LogP contribution >= 0.6 is 0 Å². The van der Waals surface area contributed by atoms with Crippen LogP contribution in [0.2, 0.25) is 0 Å². The summed E-state index contributed by atoms with van der Waals surface area (Å²) in [4.78, 5) is 18.3. The molecule has 0 saturated heterocycles. The molecule has 9 heteroatoms. The Labute approximate surface area is 206 Å². The summed E-state index contributed by atoms with van der Waals surface area (Å²) >= 11 is 0. The third-order valence-electron chi connectivity index (χ3n) is 5.78. The van der Waals surface area contributed by atoms with Crippen molar-refractivity contribution in [3.63, 3.8) is 0 Å². The molecule has 0 atom stereocenters. The number of ether oxygens (including phenoxy) is 1. The molecule has 0 aliphatic carbocycles. The largest absolute Gasteiger partial charge is 0.497 e. The Morgan fingerprint density at radius 1 is 0.972 bits per heavy atom. The van der Waals surface area contributed by atoms with Crippen LogP contribution in [-0.2, 0) is 6.54 Å². The summed E-state index contributed by atoms with van der Waals surface area (Å²) < 4.78 is 22.0. The fraction of sp³-hybridized carbons (Fsp3) is 0.111. The van der Waals surface area contributed by atoms with Crippen LogP contribution in [0.15, 0.2) is 95.2 Å². The summed E-state index contributed by atoms with van der Waals surface area (Å²) in [6.45, 7) is 2.45. The van der Waals surface area contributed by atoms with Crippen molar-refractivity contribution in [1.29, 1.82) is 0 Å². The van der Waals surface area contributed by atoms with E-state index in [1.807, 2.05) is 53.1 Å². The van der Waals surface area contributed by atoms with Crippen LogP contribution in [-0.4, -0.2) is 37.4 Å². The first-order valence-corrected chi connectivity index (χ1v) is 11.2. The molecule has 0 spiro atoms. The number of halogens is 1. The number of nitrogens with one attached hydrogen (secondary N) is 1. The van der Waals surface area contributed by atoms with Crippen LogP contribution in [0.1, 0.15) is 18.1 Å². The number of rotatable bonds is 7. The fourth-order valence-corrected chi connectivity index (χ4v) is 3.95. The highest BCUT2D eigenvalue weighted by atomic mass is 19.1. The molecular formula is C27H23FN6O2. The Morgan fingerprint density at radius 2 is 1.64 bits per heavy atom. The van der Waals surface area contributed by atoms with Gasteiger partial charge in [0.2, 0.25) is 0 Å². The molecule has 2 aromatic heterocycles. The van der Waals surface area contributed by atoms with Gasteiger partial charge in [-0.2, -0.15) is 0 Å². The van der Waals surface area contributed by atoms with E-state index in [9.17, 15) is 9.18 Å². The van der Waals surface area contributed by atoms with Crippen molar-refractivity contribution in [2.24, 2.45) is 4.99 Å². The number of nitrogens with zero attached hydrogens (tertiary/aromatic N) is 5. The van der Waals surface area contributed by atoms with E-state index in [0.29, 0.717) is 35.0 Å². The minimum absolute atomic E-state index is 0.280. The van der Waals surface area contributed by atoms with Gasteiger partial charge in [0, 0.05) is 12.1 Å². The number of hydrogen-bond donors (Lipinski definition) is 1. The molecule has 0 aliphatic heterocycles. The summed E-state index contributed by atoms with van der Waals surface area (Å²) in [6, 6.07) is 20.9. The van der Waals surface area contributed by atoms with Crippen molar-refractivity contribution in [2.75, 3.05) is 7.11 Å². The molecule has 2 heterocycles. The van der Waals surface area contributed by atoms with E-state index in [2.05, 4.69) is 15.3 Å². The van der Waals surface area contributed by atoms with E-state index in [1.54, 1.807) is 38.8 Å². The summed E-state index contributed by atoms with van der Waals surface area (Å²) in [5.41, 5.74) is 4.42. The van der Waals surface area contributed by atoms with Crippen LogP contribution in [0, 0.1) is 5.82 Å². The summed E-state index contributed by atoms with van der Waals surface area (Å²) in [7, 11) is 1.60. The molecule has 36 heavy (non-hydrogen) atoms. The van der Waals surface area contributed by atoms with E-state index in [4.69, 9.17) is 9.73 Å². The van der Waals surface area contributed by atoms with Gasteiger partial charge in [0.25, 0.3) is 5.56 Å². The normalized spacial score (nSPS) is 11.6. The summed E-state index contributed by atoms with van der Waals surface area (Å²) in [5, 5.41) is 10.8. The molecule has 0 saturated carbocycles. The molecule has 0 amide bonds. The number of benzene rings is 3. The lowest BCUT2D eigenvalue weighted by Gasteiger charge is -2.06. The molecular weight excluding hydrogens is 459 g/mol. The average molecular weight is 483 g/mol. The number of H-pyrrole nitrogens is 1. The van der Waals surface area contributed by atoms with Gasteiger partial charge in [-0.05, 0) is 73.2 Å². The third kappa shape index (κ3) is 4.72. The first kappa shape index (κ1) is 23.0. The second kappa shape index (κ2) is 9.83. The molecule has 3 aromatic carbocycles. The van der Waals surface area contributed by atoms with E-state index in [-0.39, 0.29) is 11.4 Å². The van der Waals surface area contributed by atoms with Crippen molar-refractivity contribution in [3.05, 3.63) is 113 Å². The van der Waals surface area contributed by atoms with E-state index >= 15 is 0 Å². The minimum Gasteiger partial charge on any atom is -0.497 e. The molecule has 0 radical (unpaired) electrons. The number of aliphatic imine (C=N–C) groups is 1. The Balaban J connectivity index is 1.55. The number of aromatic nitrogens is 5. The van der Waals surface area contributed by atoms with Gasteiger partial charge >= 0.3 is 0 Å². The van der Waals surface area contributed by atoms with Gasteiger partial charge in [-0.1, -0.05) is 12.1 Å². The van der Waals surface area contributed by atoms with Gasteiger partial charge in [0.05, 0.1) is 35.5 Å². The predicted octanol–water partition coefficient (Wildman–Crippen LogP) is 4.76. The van der Waals surface area contributed by atoms with Gasteiger partial charge in [-0.15, -0.1) is 10.2 Å². The van der Waals surface area contributed by atoms with Crippen molar-refractivity contribution in [2.45, 2.75) is 13.5 Å². The summed E-state index contributed by atoms with van der Waals surface area (Å²) in [5.74, 6) is 0.331. The van der Waals surface area contributed by atoms with Crippen molar-refractivity contribution in [1.82, 2.24) is 24.5 Å². The Bertz CT molecular complexity index is 1550. The lowest BCUT2D eigenvalue weighted by Crippen LogP contribution is -2.19. The number of aromatic amines is 1. The third-order valence-corrected chi connectivity index (χ3v) is 5.78. The standard InChI is InChI=1S/C27H23FN6O2/c1-18(31-22-9-3-19(4-10-22)15-33-16-29-30-17-33)25-26(20-5-13-24(36-2)14-6-20)32-34(27(25)35)23-11-7-21(28)8-12-23/h3-14,16-17,32H,15H2,1-2H3.